The Kier molecular flexibility index (Phi) is 6.17. The van der Waals surface area contributed by atoms with Crippen molar-refractivity contribution < 1.29 is 9.59 Å². The van der Waals surface area contributed by atoms with E-state index in [0.29, 0.717) is 30.5 Å². The molecule has 1 N–H and O–H groups in total. The number of aromatic nitrogens is 2. The van der Waals surface area contributed by atoms with Crippen molar-refractivity contribution in [3.05, 3.63) is 47.0 Å². The second-order valence-corrected chi connectivity index (χ2v) is 7.51. The molecule has 6 heteroatoms. The Morgan fingerprint density at radius 1 is 1.18 bits per heavy atom. The van der Waals surface area contributed by atoms with E-state index in [1.165, 1.54) is 0 Å². The Morgan fingerprint density at radius 2 is 1.89 bits per heavy atom. The lowest BCUT2D eigenvalue weighted by Crippen LogP contribution is -2.31. The molecule has 3 rings (SSSR count). The third kappa shape index (κ3) is 3.81. The van der Waals surface area contributed by atoms with Gasteiger partial charge in [0.15, 0.2) is 5.82 Å². The minimum absolute atomic E-state index is 0.0859. The summed E-state index contributed by atoms with van der Waals surface area (Å²) in [5.41, 5.74) is 3.21. The van der Waals surface area contributed by atoms with Crippen LogP contribution in [0.2, 0.25) is 0 Å². The second kappa shape index (κ2) is 8.59. The van der Waals surface area contributed by atoms with Gasteiger partial charge < -0.3 is 14.8 Å². The van der Waals surface area contributed by atoms with E-state index in [2.05, 4.69) is 24.1 Å². The van der Waals surface area contributed by atoms with E-state index in [-0.39, 0.29) is 11.8 Å². The van der Waals surface area contributed by atoms with E-state index in [0.717, 1.165) is 42.8 Å². The summed E-state index contributed by atoms with van der Waals surface area (Å²) in [6, 6.07) is 7.83. The van der Waals surface area contributed by atoms with E-state index < -0.39 is 0 Å². The zero-order chi connectivity index (χ0) is 20.3. The van der Waals surface area contributed by atoms with E-state index >= 15 is 0 Å². The molecule has 0 atom stereocenters. The molecule has 0 saturated heterocycles. The van der Waals surface area contributed by atoms with Crippen molar-refractivity contribution in [2.45, 2.75) is 59.4 Å². The highest BCUT2D eigenvalue weighted by atomic mass is 16.2. The number of rotatable bonds is 6. The van der Waals surface area contributed by atoms with Crippen LogP contribution in [0.4, 0.5) is 5.69 Å². The van der Waals surface area contributed by atoms with Gasteiger partial charge in [-0.1, -0.05) is 32.0 Å². The number of hydrogen-bond acceptors (Lipinski definition) is 3. The van der Waals surface area contributed by atoms with Crippen LogP contribution < -0.4 is 5.32 Å². The van der Waals surface area contributed by atoms with Gasteiger partial charge in [0.05, 0.1) is 5.69 Å². The standard InChI is InChI=1S/C22H30N4O2/c1-5-25(6-2)22(28)19-18-13-9-10-14-26(18)20(24-19)21(27)23-17-12-8-7-11-16(17)15(3)4/h7-8,11-12,15H,5-6,9-10,13-14H2,1-4H3,(H,23,27). The van der Waals surface area contributed by atoms with Crippen LogP contribution in [0.1, 0.15) is 78.8 Å². The molecule has 0 bridgehead atoms. The SMILES string of the molecule is CCN(CC)C(=O)c1nc(C(=O)Nc2ccccc2C(C)C)n2c1CCCC2. The van der Waals surface area contributed by atoms with Crippen LogP contribution in [0.3, 0.4) is 0 Å². The van der Waals surface area contributed by atoms with Crippen LogP contribution in [0.25, 0.3) is 0 Å². The number of benzene rings is 1. The van der Waals surface area contributed by atoms with Crippen molar-refractivity contribution in [2.24, 2.45) is 0 Å². The highest BCUT2D eigenvalue weighted by molar-refractivity contribution is 6.04. The van der Waals surface area contributed by atoms with Crippen LogP contribution in [-0.2, 0) is 13.0 Å². The topological polar surface area (TPSA) is 67.2 Å². The summed E-state index contributed by atoms with van der Waals surface area (Å²) < 4.78 is 1.94. The molecule has 6 nitrogen and oxygen atoms in total. The van der Waals surface area contributed by atoms with Crippen LogP contribution in [0.5, 0.6) is 0 Å². The number of fused-ring (bicyclic) bond motifs is 1. The smallest absolute Gasteiger partial charge is 0.291 e. The van der Waals surface area contributed by atoms with E-state index in [1.54, 1.807) is 4.90 Å². The van der Waals surface area contributed by atoms with Crippen LogP contribution in [0, 0.1) is 0 Å². The Labute approximate surface area is 166 Å². The minimum Gasteiger partial charge on any atom is -0.338 e. The molecule has 1 aliphatic heterocycles. The fourth-order valence-electron chi connectivity index (χ4n) is 3.84. The monoisotopic (exact) mass is 382 g/mol. The third-order valence-electron chi connectivity index (χ3n) is 5.41. The Bertz CT molecular complexity index is 865. The summed E-state index contributed by atoms with van der Waals surface area (Å²) in [6.07, 6.45) is 2.79. The van der Waals surface area contributed by atoms with Gasteiger partial charge in [-0.05, 0) is 50.7 Å². The number of amides is 2. The number of imidazole rings is 1. The summed E-state index contributed by atoms with van der Waals surface area (Å²) in [4.78, 5) is 32.3. The average molecular weight is 383 g/mol. The molecule has 150 valence electrons. The number of hydrogen-bond donors (Lipinski definition) is 1. The average Bonchev–Trinajstić information content (AvgIpc) is 3.09. The van der Waals surface area contributed by atoms with Crippen molar-refractivity contribution in [1.29, 1.82) is 0 Å². The molecular formula is C22H30N4O2. The van der Waals surface area contributed by atoms with Crippen molar-refractivity contribution in [3.8, 4) is 0 Å². The van der Waals surface area contributed by atoms with Gasteiger partial charge in [0, 0.05) is 25.3 Å². The molecule has 2 heterocycles. The lowest BCUT2D eigenvalue weighted by molar-refractivity contribution is 0.0766. The second-order valence-electron chi connectivity index (χ2n) is 7.51. The molecule has 0 fully saturated rings. The largest absolute Gasteiger partial charge is 0.338 e. The molecule has 1 aliphatic rings. The number of para-hydroxylation sites is 1. The fraction of sp³-hybridized carbons (Fsp3) is 0.500. The molecular weight excluding hydrogens is 352 g/mol. The van der Waals surface area contributed by atoms with Gasteiger partial charge in [-0.2, -0.15) is 0 Å². The highest BCUT2D eigenvalue weighted by Gasteiger charge is 2.29. The molecule has 0 radical (unpaired) electrons. The molecule has 1 aromatic carbocycles. The lowest BCUT2D eigenvalue weighted by atomic mass is 10.0. The summed E-state index contributed by atoms with van der Waals surface area (Å²) >= 11 is 0. The molecule has 28 heavy (non-hydrogen) atoms. The molecule has 1 aromatic heterocycles. The van der Waals surface area contributed by atoms with Gasteiger partial charge in [-0.3, -0.25) is 9.59 Å². The zero-order valence-electron chi connectivity index (χ0n) is 17.3. The quantitative estimate of drug-likeness (QED) is 0.819. The lowest BCUT2D eigenvalue weighted by Gasteiger charge is -2.20. The first-order chi connectivity index (χ1) is 13.5. The maximum Gasteiger partial charge on any atom is 0.291 e. The fourth-order valence-corrected chi connectivity index (χ4v) is 3.84. The minimum atomic E-state index is -0.255. The van der Waals surface area contributed by atoms with Crippen LogP contribution in [0.15, 0.2) is 24.3 Å². The van der Waals surface area contributed by atoms with Crippen LogP contribution >= 0.6 is 0 Å². The number of anilines is 1. The number of carbonyl (C=O) groups excluding carboxylic acids is 2. The van der Waals surface area contributed by atoms with Crippen LogP contribution in [-0.4, -0.2) is 39.4 Å². The Hall–Kier alpha value is -2.63. The number of carbonyl (C=O) groups is 2. The first-order valence-corrected chi connectivity index (χ1v) is 10.3. The summed E-state index contributed by atoms with van der Waals surface area (Å²) in [6.45, 7) is 10.1. The van der Waals surface area contributed by atoms with Gasteiger partial charge in [-0.25, -0.2) is 4.98 Å². The first-order valence-electron chi connectivity index (χ1n) is 10.3. The summed E-state index contributed by atoms with van der Waals surface area (Å²) in [5.74, 6) is 0.293. The van der Waals surface area contributed by atoms with Gasteiger partial charge in [0.25, 0.3) is 11.8 Å². The van der Waals surface area contributed by atoms with E-state index in [4.69, 9.17) is 0 Å². The summed E-state index contributed by atoms with van der Waals surface area (Å²) in [5, 5.41) is 3.02. The maximum absolute atomic E-state index is 13.1. The molecule has 0 unspecified atom stereocenters. The van der Waals surface area contributed by atoms with Crippen molar-refractivity contribution in [1.82, 2.24) is 14.5 Å². The molecule has 0 saturated carbocycles. The Balaban J connectivity index is 1.96. The van der Waals surface area contributed by atoms with Gasteiger partial charge >= 0.3 is 0 Å². The predicted octanol–water partition coefficient (Wildman–Crippen LogP) is 4.08. The van der Waals surface area contributed by atoms with Gasteiger partial charge in [0.2, 0.25) is 0 Å². The normalized spacial score (nSPS) is 13.3. The summed E-state index contributed by atoms with van der Waals surface area (Å²) in [7, 11) is 0. The molecule has 0 spiro atoms. The van der Waals surface area contributed by atoms with Crippen molar-refractivity contribution >= 4 is 17.5 Å². The predicted molar refractivity (Wildman–Crippen MR) is 111 cm³/mol. The van der Waals surface area contributed by atoms with Crippen molar-refractivity contribution in [3.63, 3.8) is 0 Å². The van der Waals surface area contributed by atoms with E-state index in [9.17, 15) is 9.59 Å². The number of nitrogens with zero attached hydrogens (tertiary/aromatic N) is 3. The number of nitrogens with one attached hydrogen (secondary N) is 1. The van der Waals surface area contributed by atoms with E-state index in [1.807, 2.05) is 42.7 Å². The molecule has 0 aliphatic carbocycles. The van der Waals surface area contributed by atoms with Crippen molar-refractivity contribution in [2.75, 3.05) is 18.4 Å². The maximum atomic E-state index is 13.1. The molecule has 2 aromatic rings. The van der Waals surface area contributed by atoms with Gasteiger partial charge in [-0.15, -0.1) is 0 Å². The highest BCUT2D eigenvalue weighted by Crippen LogP contribution is 2.26. The molecule has 2 amide bonds. The Morgan fingerprint density at radius 3 is 2.57 bits per heavy atom. The zero-order valence-corrected chi connectivity index (χ0v) is 17.3. The first kappa shape index (κ1) is 20.1. The third-order valence-corrected chi connectivity index (χ3v) is 5.41. The van der Waals surface area contributed by atoms with Gasteiger partial charge in [0.1, 0.15) is 5.69 Å².